The smallest absolute Gasteiger partial charge is 0.224 e. The maximum atomic E-state index is 10.4. The lowest BCUT2D eigenvalue weighted by atomic mass is 10.1. The topological polar surface area (TPSA) is 70.5 Å². The van der Waals surface area contributed by atoms with Crippen LogP contribution in [0.5, 0.6) is 0 Å². The van der Waals surface area contributed by atoms with Gasteiger partial charge in [0.2, 0.25) is 5.95 Å². The molecule has 0 fully saturated rings. The standard InChI is InChI=1S/C15H23BrN4O2/c1-4-17-15-18-10(3)11-9-12(16)14(21)20(13(11)19-15)7-6-8-22-5-2/h9,14,21H,4-8H2,1-3H3,(H,17,18,19). The molecule has 122 valence electrons. The van der Waals surface area contributed by atoms with E-state index in [2.05, 4.69) is 31.2 Å². The second-order valence-corrected chi connectivity index (χ2v) is 5.96. The first-order chi connectivity index (χ1) is 10.6. The van der Waals surface area contributed by atoms with Crippen molar-refractivity contribution in [3.8, 4) is 0 Å². The summed E-state index contributed by atoms with van der Waals surface area (Å²) in [5.41, 5.74) is 1.83. The Bertz CT molecular complexity index is 551. The molecule has 0 spiro atoms. The molecule has 0 saturated heterocycles. The summed E-state index contributed by atoms with van der Waals surface area (Å²) >= 11 is 3.44. The van der Waals surface area contributed by atoms with E-state index in [4.69, 9.17) is 4.74 Å². The molecular formula is C15H23BrN4O2. The minimum atomic E-state index is -0.724. The van der Waals surface area contributed by atoms with Gasteiger partial charge in [0.1, 0.15) is 5.82 Å². The number of halogens is 1. The molecule has 22 heavy (non-hydrogen) atoms. The fraction of sp³-hybridized carbons (Fsp3) is 0.600. The predicted octanol–water partition coefficient (Wildman–Crippen LogP) is 2.52. The summed E-state index contributed by atoms with van der Waals surface area (Å²) < 4.78 is 6.10. The molecule has 0 aliphatic carbocycles. The van der Waals surface area contributed by atoms with Crippen LogP contribution in [0.1, 0.15) is 31.5 Å². The first kappa shape index (κ1) is 17.2. The summed E-state index contributed by atoms with van der Waals surface area (Å²) in [6, 6.07) is 0. The molecule has 0 bridgehead atoms. The van der Waals surface area contributed by atoms with Crippen molar-refractivity contribution in [3.63, 3.8) is 0 Å². The van der Waals surface area contributed by atoms with Crippen LogP contribution in [-0.2, 0) is 4.74 Å². The minimum absolute atomic E-state index is 0.590. The van der Waals surface area contributed by atoms with Crippen LogP contribution in [0.4, 0.5) is 11.8 Å². The highest BCUT2D eigenvalue weighted by Crippen LogP contribution is 2.34. The number of aryl methyl sites for hydroxylation is 1. The number of anilines is 2. The molecule has 2 rings (SSSR count). The van der Waals surface area contributed by atoms with Crippen LogP contribution in [-0.4, -0.2) is 47.6 Å². The van der Waals surface area contributed by atoms with E-state index in [1.807, 2.05) is 31.7 Å². The third kappa shape index (κ3) is 3.77. The van der Waals surface area contributed by atoms with Crippen LogP contribution >= 0.6 is 15.9 Å². The molecule has 2 N–H and O–H groups in total. The van der Waals surface area contributed by atoms with Gasteiger partial charge in [-0.3, -0.25) is 0 Å². The molecule has 1 aliphatic rings. The summed E-state index contributed by atoms with van der Waals surface area (Å²) in [6.07, 6.45) is 1.99. The van der Waals surface area contributed by atoms with Crippen LogP contribution in [0.25, 0.3) is 6.08 Å². The molecule has 7 heteroatoms. The van der Waals surface area contributed by atoms with Crippen LogP contribution in [0.3, 0.4) is 0 Å². The number of aliphatic hydroxyl groups is 1. The summed E-state index contributed by atoms with van der Waals surface area (Å²) in [6.45, 7) is 8.72. The normalized spacial score (nSPS) is 17.2. The third-order valence-corrected chi connectivity index (χ3v) is 4.08. The SMILES string of the molecule is CCNc1nc(C)c2c(n1)N(CCCOCC)C(O)C(Br)=C2. The number of ether oxygens (including phenoxy) is 1. The Labute approximate surface area is 139 Å². The van der Waals surface area contributed by atoms with Gasteiger partial charge in [-0.05, 0) is 33.3 Å². The number of aliphatic hydroxyl groups excluding tert-OH is 1. The number of nitrogens with one attached hydrogen (secondary N) is 1. The van der Waals surface area contributed by atoms with Gasteiger partial charge in [0, 0.05) is 36.3 Å². The number of rotatable bonds is 7. The van der Waals surface area contributed by atoms with E-state index in [1.54, 1.807) is 0 Å². The highest BCUT2D eigenvalue weighted by molar-refractivity contribution is 9.11. The van der Waals surface area contributed by atoms with Crippen molar-refractivity contribution in [2.45, 2.75) is 33.4 Å². The van der Waals surface area contributed by atoms with Crippen molar-refractivity contribution in [1.29, 1.82) is 0 Å². The van der Waals surface area contributed by atoms with E-state index >= 15 is 0 Å². The van der Waals surface area contributed by atoms with Gasteiger partial charge in [0.05, 0.1) is 5.69 Å². The zero-order valence-electron chi connectivity index (χ0n) is 13.3. The Morgan fingerprint density at radius 1 is 1.41 bits per heavy atom. The molecule has 6 nitrogen and oxygen atoms in total. The lowest BCUT2D eigenvalue weighted by Gasteiger charge is -2.34. The number of fused-ring (bicyclic) bond motifs is 1. The van der Waals surface area contributed by atoms with E-state index in [-0.39, 0.29) is 0 Å². The fourth-order valence-electron chi connectivity index (χ4n) is 2.38. The van der Waals surface area contributed by atoms with Gasteiger partial charge in [-0.15, -0.1) is 0 Å². The first-order valence-corrected chi connectivity index (χ1v) is 8.39. The van der Waals surface area contributed by atoms with Crippen LogP contribution in [0.2, 0.25) is 0 Å². The number of aromatic nitrogens is 2. The zero-order chi connectivity index (χ0) is 16.1. The molecule has 1 aliphatic heterocycles. The molecule has 1 atom stereocenters. The lowest BCUT2D eigenvalue weighted by molar-refractivity contribution is 0.141. The van der Waals surface area contributed by atoms with E-state index in [0.717, 1.165) is 34.5 Å². The molecule has 0 aromatic carbocycles. The van der Waals surface area contributed by atoms with Crippen molar-refractivity contribution in [3.05, 3.63) is 15.7 Å². The Morgan fingerprint density at radius 2 is 2.18 bits per heavy atom. The Balaban J connectivity index is 2.29. The van der Waals surface area contributed by atoms with Gasteiger partial charge >= 0.3 is 0 Å². The molecule has 1 unspecified atom stereocenters. The quantitative estimate of drug-likeness (QED) is 0.718. The second-order valence-electron chi connectivity index (χ2n) is 5.05. The maximum Gasteiger partial charge on any atom is 0.224 e. The van der Waals surface area contributed by atoms with Gasteiger partial charge in [-0.2, -0.15) is 4.98 Å². The Hall–Kier alpha value is -1.18. The third-order valence-electron chi connectivity index (χ3n) is 3.44. The summed E-state index contributed by atoms with van der Waals surface area (Å²) in [7, 11) is 0. The summed E-state index contributed by atoms with van der Waals surface area (Å²) in [5.74, 6) is 1.35. The van der Waals surface area contributed by atoms with Crippen LogP contribution < -0.4 is 10.2 Å². The largest absolute Gasteiger partial charge is 0.382 e. The van der Waals surface area contributed by atoms with Gasteiger partial charge in [-0.1, -0.05) is 15.9 Å². The molecule has 0 amide bonds. The molecule has 0 radical (unpaired) electrons. The lowest BCUT2D eigenvalue weighted by Crippen LogP contribution is -2.40. The van der Waals surface area contributed by atoms with Gasteiger partial charge in [0.25, 0.3) is 0 Å². The van der Waals surface area contributed by atoms with Crippen LogP contribution in [0, 0.1) is 6.92 Å². The van der Waals surface area contributed by atoms with E-state index < -0.39 is 6.23 Å². The van der Waals surface area contributed by atoms with Crippen molar-refractivity contribution < 1.29 is 9.84 Å². The Kier molecular flexibility index (Phi) is 6.16. The summed E-state index contributed by atoms with van der Waals surface area (Å²) in [4.78, 5) is 10.9. The predicted molar refractivity (Wildman–Crippen MR) is 92.3 cm³/mol. The minimum Gasteiger partial charge on any atom is -0.382 e. The Morgan fingerprint density at radius 3 is 2.86 bits per heavy atom. The zero-order valence-corrected chi connectivity index (χ0v) is 14.9. The van der Waals surface area contributed by atoms with Crippen LogP contribution in [0.15, 0.2) is 4.48 Å². The van der Waals surface area contributed by atoms with E-state index in [1.165, 1.54) is 0 Å². The molecule has 1 aromatic heterocycles. The average Bonchev–Trinajstić information content (AvgIpc) is 2.48. The van der Waals surface area contributed by atoms with E-state index in [9.17, 15) is 5.11 Å². The monoisotopic (exact) mass is 370 g/mol. The van der Waals surface area contributed by atoms with Crippen molar-refractivity contribution in [1.82, 2.24) is 9.97 Å². The molecule has 1 aromatic rings. The molecular weight excluding hydrogens is 348 g/mol. The number of nitrogens with zero attached hydrogens (tertiary/aromatic N) is 3. The summed E-state index contributed by atoms with van der Waals surface area (Å²) in [5, 5.41) is 13.6. The highest BCUT2D eigenvalue weighted by atomic mass is 79.9. The van der Waals surface area contributed by atoms with Crippen molar-refractivity contribution in [2.24, 2.45) is 0 Å². The van der Waals surface area contributed by atoms with Crippen molar-refractivity contribution >= 4 is 33.8 Å². The second kappa shape index (κ2) is 7.89. The fourth-order valence-corrected chi connectivity index (χ4v) is 2.85. The van der Waals surface area contributed by atoms with Gasteiger partial charge < -0.3 is 20.1 Å². The first-order valence-electron chi connectivity index (χ1n) is 7.60. The van der Waals surface area contributed by atoms with Gasteiger partial charge in [0.15, 0.2) is 6.23 Å². The maximum absolute atomic E-state index is 10.4. The highest BCUT2D eigenvalue weighted by Gasteiger charge is 2.28. The van der Waals surface area contributed by atoms with E-state index in [0.29, 0.717) is 25.7 Å². The number of hydrogen-bond acceptors (Lipinski definition) is 6. The average molecular weight is 371 g/mol. The molecule has 0 saturated carbocycles. The van der Waals surface area contributed by atoms with Gasteiger partial charge in [-0.25, -0.2) is 4.98 Å². The number of hydrogen-bond donors (Lipinski definition) is 2. The molecule has 2 heterocycles. The van der Waals surface area contributed by atoms with Crippen molar-refractivity contribution in [2.75, 3.05) is 36.5 Å².